The maximum Gasteiger partial charge on any atom is 0.239 e. The number of allylic oxidation sites excluding steroid dienone is 1. The highest BCUT2D eigenvalue weighted by molar-refractivity contribution is 6.03. The lowest BCUT2D eigenvalue weighted by Crippen LogP contribution is -2.69. The van der Waals surface area contributed by atoms with Crippen molar-refractivity contribution in [3.05, 3.63) is 77.9 Å². The number of phenols is 1. The number of hydrogen-bond donors (Lipinski definition) is 3. The zero-order valence-corrected chi connectivity index (χ0v) is 31.2. The van der Waals surface area contributed by atoms with Crippen molar-refractivity contribution in [3.8, 4) is 17.2 Å². The van der Waals surface area contributed by atoms with Crippen LogP contribution in [-0.2, 0) is 25.5 Å². The second-order valence-corrected chi connectivity index (χ2v) is 14.7. The Balaban J connectivity index is 1.51. The molecule has 288 valence electrons. The van der Waals surface area contributed by atoms with Gasteiger partial charge in [-0.1, -0.05) is 42.3 Å². The van der Waals surface area contributed by atoms with E-state index in [0.717, 1.165) is 61.6 Å². The molecular weight excluding hydrogens is 676 g/mol. The Bertz CT molecular complexity index is 1620. The van der Waals surface area contributed by atoms with Gasteiger partial charge < -0.3 is 44.0 Å². The molecule has 2 aromatic carbocycles. The molecule has 2 aromatic rings. The SMILES string of the molecule is C=CCOC12Oc3ccc(O)cc3C3C(CCCCO)C(CCCCO)C=C(C(=NOC4CCCCO4)CC1N(C)C(=O)Cc1cccc(OC)c1)C32. The topological polar surface area (TPSA) is 140 Å². The van der Waals surface area contributed by atoms with Crippen molar-refractivity contribution < 1.29 is 43.9 Å². The minimum absolute atomic E-state index is 0.0746. The molecule has 6 rings (SSSR count). The van der Waals surface area contributed by atoms with Crippen LogP contribution in [0.25, 0.3) is 0 Å². The van der Waals surface area contributed by atoms with Crippen LogP contribution in [0.15, 0.2) is 71.9 Å². The largest absolute Gasteiger partial charge is 0.508 e. The summed E-state index contributed by atoms with van der Waals surface area (Å²) >= 11 is 0. The number of aromatic hydroxyl groups is 1. The van der Waals surface area contributed by atoms with Gasteiger partial charge in [-0.3, -0.25) is 4.79 Å². The third kappa shape index (κ3) is 8.43. The molecule has 7 atom stereocenters. The van der Waals surface area contributed by atoms with E-state index < -0.39 is 24.0 Å². The number of fused-ring (bicyclic) bond motifs is 2. The van der Waals surface area contributed by atoms with Crippen molar-refractivity contribution in [2.75, 3.05) is 40.6 Å². The molecule has 1 saturated carbocycles. The lowest BCUT2D eigenvalue weighted by atomic mass is 9.55. The van der Waals surface area contributed by atoms with Crippen LogP contribution in [0.4, 0.5) is 0 Å². The number of aliphatic hydroxyl groups excluding tert-OH is 2. The highest BCUT2D eigenvalue weighted by Gasteiger charge is 2.65. The zero-order chi connectivity index (χ0) is 37.4. The molecule has 3 N–H and O–H groups in total. The number of likely N-dealkylation sites (N-methyl/N-ethyl adjacent to an activating group) is 1. The van der Waals surface area contributed by atoms with Gasteiger partial charge in [0.2, 0.25) is 18.0 Å². The molecule has 11 heteroatoms. The standard InChI is InChI=1S/C42H56N2O9/c1-4-21-51-42-37(44(2)38(48)24-28-12-11-14-31(23-28)49-3)27-35(43-53-39-16-7-10-22-50-39)33-25-29(13-5-8-19-45)32(15-6-9-20-46)40(41(33)42)34-26-30(47)17-18-36(34)52-42/h4,11-12,14,17-18,23,25-26,29,32,37,39-41,45-47H,1,5-10,13,15-16,19-22,24,27H2,2-3H3. The number of rotatable bonds is 17. The second kappa shape index (κ2) is 18.0. The molecule has 2 fully saturated rings. The van der Waals surface area contributed by atoms with Gasteiger partial charge in [0.25, 0.3) is 0 Å². The lowest BCUT2D eigenvalue weighted by Gasteiger charge is -2.59. The summed E-state index contributed by atoms with van der Waals surface area (Å²) in [7, 11) is 3.41. The number of benzene rings is 2. The molecule has 2 aliphatic heterocycles. The molecule has 11 nitrogen and oxygen atoms in total. The van der Waals surface area contributed by atoms with Gasteiger partial charge in [0.1, 0.15) is 23.3 Å². The maximum absolute atomic E-state index is 14.4. The molecular formula is C42H56N2O9. The molecule has 2 heterocycles. The van der Waals surface area contributed by atoms with Crippen molar-refractivity contribution in [2.45, 2.75) is 94.7 Å². The molecule has 0 spiro atoms. The van der Waals surface area contributed by atoms with Gasteiger partial charge in [-0.15, -0.1) is 6.58 Å². The average molecular weight is 733 g/mol. The van der Waals surface area contributed by atoms with Gasteiger partial charge in [-0.25, -0.2) is 0 Å². The Labute approximate surface area is 313 Å². The minimum Gasteiger partial charge on any atom is -0.508 e. The minimum atomic E-state index is -1.35. The summed E-state index contributed by atoms with van der Waals surface area (Å²) in [6, 6.07) is 12.1. The van der Waals surface area contributed by atoms with Crippen LogP contribution in [0.3, 0.4) is 0 Å². The number of phenolic OH excluding ortho intramolecular Hbond substituents is 1. The van der Waals surface area contributed by atoms with E-state index in [1.165, 1.54) is 0 Å². The highest BCUT2D eigenvalue weighted by Crippen LogP contribution is 2.61. The average Bonchev–Trinajstić information content (AvgIpc) is 3.18. The lowest BCUT2D eigenvalue weighted by molar-refractivity contribution is -0.255. The molecule has 7 unspecified atom stereocenters. The summed E-state index contributed by atoms with van der Waals surface area (Å²) in [5.74, 6) is -0.526. The van der Waals surface area contributed by atoms with Gasteiger partial charge in [0.05, 0.1) is 38.4 Å². The summed E-state index contributed by atoms with van der Waals surface area (Å²) in [6.07, 6.45) is 11.4. The third-order valence-corrected chi connectivity index (χ3v) is 11.4. The number of methoxy groups -OCH3 is 1. The fourth-order valence-corrected chi connectivity index (χ4v) is 8.91. The van der Waals surface area contributed by atoms with Crippen molar-refractivity contribution in [2.24, 2.45) is 22.9 Å². The molecule has 53 heavy (non-hydrogen) atoms. The van der Waals surface area contributed by atoms with Crippen molar-refractivity contribution in [1.82, 2.24) is 4.90 Å². The number of carbonyl (C=O) groups excluding carboxylic acids is 1. The fraction of sp³-hybridized carbons (Fsp3) is 0.571. The smallest absolute Gasteiger partial charge is 0.239 e. The number of amides is 1. The van der Waals surface area contributed by atoms with Crippen LogP contribution < -0.4 is 9.47 Å². The van der Waals surface area contributed by atoms with Gasteiger partial charge in [0, 0.05) is 44.6 Å². The first-order chi connectivity index (χ1) is 25.8. The van der Waals surface area contributed by atoms with E-state index in [1.54, 1.807) is 43.3 Å². The number of carbonyl (C=O) groups is 1. The van der Waals surface area contributed by atoms with Gasteiger partial charge in [-0.05, 0) is 91.8 Å². The molecule has 2 aliphatic carbocycles. The van der Waals surface area contributed by atoms with E-state index in [1.807, 2.05) is 24.3 Å². The normalized spacial score (nSPS) is 28.2. The number of nitrogens with zero attached hydrogens (tertiary/aromatic N) is 2. The number of ether oxygens (including phenoxy) is 4. The monoisotopic (exact) mass is 732 g/mol. The van der Waals surface area contributed by atoms with E-state index in [-0.39, 0.29) is 55.7 Å². The summed E-state index contributed by atoms with van der Waals surface area (Å²) in [5.41, 5.74) is 3.36. The summed E-state index contributed by atoms with van der Waals surface area (Å²) in [4.78, 5) is 22.3. The van der Waals surface area contributed by atoms with Gasteiger partial charge >= 0.3 is 0 Å². The second-order valence-electron chi connectivity index (χ2n) is 14.7. The molecule has 4 aliphatic rings. The number of unbranched alkanes of at least 4 members (excludes halogenated alkanes) is 2. The quantitative estimate of drug-likeness (QED) is 0.0977. The Kier molecular flexibility index (Phi) is 13.1. The Morgan fingerprint density at radius 2 is 1.91 bits per heavy atom. The third-order valence-electron chi connectivity index (χ3n) is 11.4. The Morgan fingerprint density at radius 3 is 2.64 bits per heavy atom. The highest BCUT2D eigenvalue weighted by atomic mass is 16.8. The Hall–Kier alpha value is -3.90. The number of oxime groups is 1. The summed E-state index contributed by atoms with van der Waals surface area (Å²) in [6.45, 7) is 4.98. The van der Waals surface area contributed by atoms with Crippen LogP contribution in [-0.4, -0.2) is 90.5 Å². The van der Waals surface area contributed by atoms with Crippen LogP contribution in [0.1, 0.15) is 81.3 Å². The number of aliphatic hydroxyl groups is 2. The summed E-state index contributed by atoms with van der Waals surface area (Å²) < 4.78 is 25.4. The molecule has 1 saturated heterocycles. The van der Waals surface area contributed by atoms with E-state index in [2.05, 4.69) is 12.7 Å². The van der Waals surface area contributed by atoms with Crippen molar-refractivity contribution in [1.29, 1.82) is 0 Å². The van der Waals surface area contributed by atoms with E-state index in [0.29, 0.717) is 43.1 Å². The fourth-order valence-electron chi connectivity index (χ4n) is 8.91. The number of hydrogen-bond acceptors (Lipinski definition) is 10. The van der Waals surface area contributed by atoms with Crippen LogP contribution in [0.5, 0.6) is 17.2 Å². The van der Waals surface area contributed by atoms with Gasteiger partial charge in [0.15, 0.2) is 0 Å². The Morgan fingerprint density at radius 1 is 1.09 bits per heavy atom. The molecule has 0 bridgehead atoms. The van der Waals surface area contributed by atoms with Gasteiger partial charge in [-0.2, -0.15) is 0 Å². The summed E-state index contributed by atoms with van der Waals surface area (Å²) in [5, 5.41) is 35.3. The molecule has 0 radical (unpaired) electrons. The zero-order valence-electron chi connectivity index (χ0n) is 31.2. The first-order valence-corrected chi connectivity index (χ1v) is 19.3. The predicted molar refractivity (Wildman–Crippen MR) is 201 cm³/mol. The first kappa shape index (κ1) is 38.8. The van der Waals surface area contributed by atoms with Crippen LogP contribution in [0, 0.1) is 17.8 Å². The van der Waals surface area contributed by atoms with E-state index >= 15 is 0 Å². The predicted octanol–water partition coefficient (Wildman–Crippen LogP) is 6.26. The van der Waals surface area contributed by atoms with Crippen molar-refractivity contribution in [3.63, 3.8) is 0 Å². The van der Waals surface area contributed by atoms with Crippen molar-refractivity contribution >= 4 is 11.6 Å². The van der Waals surface area contributed by atoms with Crippen LogP contribution >= 0.6 is 0 Å². The van der Waals surface area contributed by atoms with Crippen LogP contribution in [0.2, 0.25) is 0 Å². The van der Waals surface area contributed by atoms with E-state index in [9.17, 15) is 20.1 Å². The van der Waals surface area contributed by atoms with E-state index in [4.69, 9.17) is 28.9 Å². The molecule has 1 amide bonds. The maximum atomic E-state index is 14.4. The first-order valence-electron chi connectivity index (χ1n) is 19.3. The molecule has 0 aromatic heterocycles.